The molecule has 2 heteroatoms. The van der Waals surface area contributed by atoms with Gasteiger partial charge in [0.15, 0.2) is 0 Å². The fraction of sp³-hybridized carbons (Fsp3) is 0.333. The number of benzene rings is 1. The van der Waals surface area contributed by atoms with Crippen molar-refractivity contribution in [1.82, 2.24) is 0 Å². The molecule has 0 unspecified atom stereocenters. The lowest BCUT2D eigenvalue weighted by molar-refractivity contribution is 1.11. The van der Waals surface area contributed by atoms with Crippen molar-refractivity contribution in [2.24, 2.45) is 0 Å². The number of nitrogen functional groups attached to an aromatic ring is 1. The minimum atomic E-state index is 0.922. The Bertz CT molecular complexity index is 269. The summed E-state index contributed by atoms with van der Waals surface area (Å²) in [4.78, 5) is 0. The van der Waals surface area contributed by atoms with E-state index >= 15 is 0 Å². The molecule has 11 heavy (non-hydrogen) atoms. The van der Waals surface area contributed by atoms with Gasteiger partial charge >= 0.3 is 0 Å². The van der Waals surface area contributed by atoms with Crippen LogP contribution in [0.1, 0.15) is 18.1 Å². The Morgan fingerprint density at radius 3 is 2.55 bits per heavy atom. The molecule has 0 atom stereocenters. The minimum Gasteiger partial charge on any atom is -0.398 e. The van der Waals surface area contributed by atoms with E-state index < -0.39 is 0 Å². The van der Waals surface area contributed by atoms with E-state index in [9.17, 15) is 0 Å². The first-order chi connectivity index (χ1) is 5.16. The molecule has 0 spiro atoms. The number of rotatable bonds is 1. The second kappa shape index (κ2) is 3.43. The molecule has 0 aliphatic rings. The summed E-state index contributed by atoms with van der Waals surface area (Å²) < 4.78 is 1.30. The Balaban J connectivity index is 3.29. The van der Waals surface area contributed by atoms with E-state index in [1.807, 2.05) is 6.07 Å². The summed E-state index contributed by atoms with van der Waals surface area (Å²) in [6, 6.07) is 4.04. The molecule has 1 aromatic carbocycles. The molecule has 0 saturated carbocycles. The lowest BCUT2D eigenvalue weighted by Crippen LogP contribution is -1.97. The molecule has 0 aliphatic heterocycles. The van der Waals surface area contributed by atoms with E-state index in [0.29, 0.717) is 0 Å². The zero-order valence-corrected chi connectivity index (χ0v) is 8.97. The van der Waals surface area contributed by atoms with E-state index in [4.69, 9.17) is 5.73 Å². The van der Waals surface area contributed by atoms with Crippen molar-refractivity contribution >= 4 is 28.3 Å². The van der Waals surface area contributed by atoms with Crippen LogP contribution in [0.5, 0.6) is 0 Å². The normalized spacial score (nSPS) is 10.1. The van der Waals surface area contributed by atoms with E-state index in [-0.39, 0.29) is 0 Å². The van der Waals surface area contributed by atoms with Gasteiger partial charge in [0.2, 0.25) is 0 Å². The van der Waals surface area contributed by atoms with Crippen molar-refractivity contribution < 1.29 is 0 Å². The molecule has 0 radical (unpaired) electrons. The molecular weight excluding hydrogens is 249 g/mol. The van der Waals surface area contributed by atoms with E-state index in [1.54, 1.807) is 0 Å². The third kappa shape index (κ3) is 1.67. The average molecular weight is 261 g/mol. The first-order valence-corrected chi connectivity index (χ1v) is 4.78. The van der Waals surface area contributed by atoms with Gasteiger partial charge in [-0.15, -0.1) is 0 Å². The van der Waals surface area contributed by atoms with Crippen molar-refractivity contribution in [3.8, 4) is 0 Å². The first kappa shape index (κ1) is 8.84. The quantitative estimate of drug-likeness (QED) is 0.610. The molecule has 60 valence electrons. The van der Waals surface area contributed by atoms with Gasteiger partial charge in [-0.3, -0.25) is 0 Å². The van der Waals surface area contributed by atoms with Crippen LogP contribution in [0.25, 0.3) is 0 Å². The van der Waals surface area contributed by atoms with Gasteiger partial charge in [0, 0.05) is 9.26 Å². The Kier molecular flexibility index (Phi) is 2.76. The third-order valence-corrected chi connectivity index (χ3v) is 3.09. The van der Waals surface area contributed by atoms with Crippen molar-refractivity contribution in [3.05, 3.63) is 26.8 Å². The highest BCUT2D eigenvalue weighted by molar-refractivity contribution is 14.1. The first-order valence-electron chi connectivity index (χ1n) is 3.70. The van der Waals surface area contributed by atoms with Gasteiger partial charge in [0.25, 0.3) is 0 Å². The summed E-state index contributed by atoms with van der Waals surface area (Å²) in [7, 11) is 0. The fourth-order valence-corrected chi connectivity index (χ4v) is 1.72. The largest absolute Gasteiger partial charge is 0.398 e. The van der Waals surface area contributed by atoms with Crippen LogP contribution in [-0.4, -0.2) is 0 Å². The topological polar surface area (TPSA) is 26.0 Å². The van der Waals surface area contributed by atoms with Crippen LogP contribution in [0.4, 0.5) is 5.69 Å². The predicted octanol–water partition coefficient (Wildman–Crippen LogP) is 2.74. The van der Waals surface area contributed by atoms with Crippen LogP contribution in [0.15, 0.2) is 12.1 Å². The minimum absolute atomic E-state index is 0.922. The van der Waals surface area contributed by atoms with Gasteiger partial charge in [-0.25, -0.2) is 0 Å². The molecular formula is C9H12IN. The molecule has 2 N–H and O–H groups in total. The lowest BCUT2D eigenvalue weighted by atomic mass is 10.0. The van der Waals surface area contributed by atoms with Crippen LogP contribution in [0.3, 0.4) is 0 Å². The highest BCUT2D eigenvalue weighted by atomic mass is 127. The Labute approximate surface area is 81.1 Å². The van der Waals surface area contributed by atoms with Gasteiger partial charge in [0.05, 0.1) is 0 Å². The van der Waals surface area contributed by atoms with Crippen molar-refractivity contribution in [2.75, 3.05) is 5.73 Å². The molecule has 1 nitrogen and oxygen atoms in total. The highest BCUT2D eigenvalue weighted by Crippen LogP contribution is 2.21. The summed E-state index contributed by atoms with van der Waals surface area (Å²) in [6.07, 6.45) is 1.02. The Morgan fingerprint density at radius 2 is 2.09 bits per heavy atom. The number of hydrogen-bond acceptors (Lipinski definition) is 1. The maximum atomic E-state index is 5.80. The summed E-state index contributed by atoms with van der Waals surface area (Å²) in [5, 5.41) is 0. The second-order valence-corrected chi connectivity index (χ2v) is 3.76. The van der Waals surface area contributed by atoms with Crippen LogP contribution in [0.2, 0.25) is 0 Å². The molecule has 0 aliphatic carbocycles. The van der Waals surface area contributed by atoms with Crippen molar-refractivity contribution in [2.45, 2.75) is 20.3 Å². The smallest absolute Gasteiger partial charge is 0.0349 e. The van der Waals surface area contributed by atoms with Crippen LogP contribution < -0.4 is 5.73 Å². The Hall–Kier alpha value is -0.250. The zero-order chi connectivity index (χ0) is 8.43. The molecule has 0 amide bonds. The summed E-state index contributed by atoms with van der Waals surface area (Å²) in [5.74, 6) is 0. The summed E-state index contributed by atoms with van der Waals surface area (Å²) in [5.41, 5.74) is 9.33. The van der Waals surface area contributed by atoms with Gasteiger partial charge in [-0.1, -0.05) is 6.92 Å². The van der Waals surface area contributed by atoms with Crippen molar-refractivity contribution in [1.29, 1.82) is 0 Å². The van der Waals surface area contributed by atoms with Gasteiger partial charge < -0.3 is 5.73 Å². The van der Waals surface area contributed by atoms with Crippen molar-refractivity contribution in [3.63, 3.8) is 0 Å². The fourth-order valence-electron chi connectivity index (χ4n) is 1.22. The molecule has 0 aromatic heterocycles. The van der Waals surface area contributed by atoms with Crippen LogP contribution in [-0.2, 0) is 6.42 Å². The second-order valence-electron chi connectivity index (χ2n) is 2.59. The number of halogens is 1. The number of nitrogens with two attached hydrogens (primary N) is 1. The molecule has 0 bridgehead atoms. The SMILES string of the molecule is CCc1c(N)ccc(I)c1C. The Morgan fingerprint density at radius 1 is 1.45 bits per heavy atom. The molecule has 1 aromatic rings. The van der Waals surface area contributed by atoms with E-state index in [2.05, 4.69) is 42.5 Å². The highest BCUT2D eigenvalue weighted by Gasteiger charge is 2.02. The average Bonchev–Trinajstić information content (AvgIpc) is 1.99. The maximum absolute atomic E-state index is 5.80. The van der Waals surface area contributed by atoms with Gasteiger partial charge in [-0.05, 0) is 59.2 Å². The summed E-state index contributed by atoms with van der Waals surface area (Å²) in [6.45, 7) is 4.26. The monoisotopic (exact) mass is 261 g/mol. The van der Waals surface area contributed by atoms with Gasteiger partial charge in [0.1, 0.15) is 0 Å². The molecule has 0 fully saturated rings. The lowest BCUT2D eigenvalue weighted by Gasteiger charge is -2.08. The maximum Gasteiger partial charge on any atom is 0.0349 e. The van der Waals surface area contributed by atoms with Gasteiger partial charge in [-0.2, -0.15) is 0 Å². The van der Waals surface area contributed by atoms with Crippen LogP contribution >= 0.6 is 22.6 Å². The van der Waals surface area contributed by atoms with E-state index in [1.165, 1.54) is 14.7 Å². The molecule has 0 heterocycles. The zero-order valence-electron chi connectivity index (χ0n) is 6.82. The number of hydrogen-bond donors (Lipinski definition) is 1. The number of anilines is 1. The van der Waals surface area contributed by atoms with E-state index in [0.717, 1.165) is 12.1 Å². The third-order valence-electron chi connectivity index (χ3n) is 1.92. The predicted molar refractivity (Wildman–Crippen MR) is 57.7 cm³/mol. The molecule has 1 rings (SSSR count). The van der Waals surface area contributed by atoms with Crippen LogP contribution in [0, 0.1) is 10.5 Å². The summed E-state index contributed by atoms with van der Waals surface area (Å²) >= 11 is 2.33. The molecule has 0 saturated heterocycles. The standard InChI is InChI=1S/C9H12IN/c1-3-7-6(2)8(10)4-5-9(7)11/h4-5H,3,11H2,1-2H3.